The Balaban J connectivity index is 0.996. The Labute approximate surface area is 357 Å². The lowest BCUT2D eigenvalue weighted by Gasteiger charge is -2.51. The van der Waals surface area contributed by atoms with E-state index in [-0.39, 0.29) is 0 Å². The predicted octanol–water partition coefficient (Wildman–Crippen LogP) is 16.9. The van der Waals surface area contributed by atoms with E-state index < -0.39 is 0 Å². The van der Waals surface area contributed by atoms with Crippen LogP contribution in [0.2, 0.25) is 0 Å². The smallest absolute Gasteiger partial charge is 0.0305 e. The van der Waals surface area contributed by atoms with Crippen molar-refractivity contribution in [1.29, 1.82) is 0 Å². The molecule has 6 saturated carbocycles. The van der Waals surface area contributed by atoms with Crippen LogP contribution >= 0.6 is 11.3 Å². The lowest BCUT2D eigenvalue weighted by molar-refractivity contribution is -0.0143. The Morgan fingerprint density at radius 1 is 0.544 bits per heavy atom. The van der Waals surface area contributed by atoms with Crippen molar-refractivity contribution >= 4 is 23.5 Å². The third-order valence-electron chi connectivity index (χ3n) is 17.3. The zero-order valence-corrected chi connectivity index (χ0v) is 38.6. The summed E-state index contributed by atoms with van der Waals surface area (Å²) in [5.74, 6) is 7.85. The molecule has 0 amide bonds. The summed E-state index contributed by atoms with van der Waals surface area (Å²) in [6.07, 6.45) is 57.3. The molecule has 0 aliphatic heterocycles. The van der Waals surface area contributed by atoms with E-state index in [1.165, 1.54) is 191 Å². The first-order valence-corrected chi connectivity index (χ1v) is 26.7. The first-order chi connectivity index (χ1) is 27.9. The Morgan fingerprint density at radius 3 is 1.70 bits per heavy atom. The highest BCUT2D eigenvalue weighted by molar-refractivity contribution is 7.14. The lowest BCUT2D eigenvalue weighted by atomic mass is 9.69. The first-order valence-electron chi connectivity index (χ1n) is 25.9. The number of hydrogen-bond acceptors (Lipinski definition) is 2. The summed E-state index contributed by atoms with van der Waals surface area (Å²) in [4.78, 5) is 6.33. The maximum absolute atomic E-state index is 3.27. The molecule has 0 radical (unpaired) electrons. The maximum Gasteiger partial charge on any atom is 0.0305 e. The molecule has 0 bridgehead atoms. The van der Waals surface area contributed by atoms with E-state index in [2.05, 4.69) is 86.5 Å². The SMILES string of the molecule is CCCCCCc1cc(/C=C/C2CCC(N(C3CCC(C4CCC(C)CC4)CC3)C3CCC(/C=C/C4CCCCC4)C(C)C3)CC2C)sc1/C=C/C1CCCCC1. The Hall–Kier alpha value is -1.12. The highest BCUT2D eigenvalue weighted by Gasteiger charge is 2.41. The molecule has 1 heterocycles. The normalized spacial score (nSPS) is 35.6. The van der Waals surface area contributed by atoms with E-state index in [4.69, 9.17) is 0 Å². The van der Waals surface area contributed by atoms with Gasteiger partial charge in [-0.25, -0.2) is 0 Å². The van der Waals surface area contributed by atoms with Gasteiger partial charge >= 0.3 is 0 Å². The van der Waals surface area contributed by atoms with Crippen LogP contribution in [0.15, 0.2) is 30.4 Å². The van der Waals surface area contributed by atoms with Gasteiger partial charge in [-0.2, -0.15) is 0 Å². The molecule has 6 aliphatic rings. The molecular formula is C55H89NS. The fourth-order valence-electron chi connectivity index (χ4n) is 13.4. The highest BCUT2D eigenvalue weighted by atomic mass is 32.1. The number of rotatable bonds is 15. The molecule has 1 nitrogen and oxygen atoms in total. The van der Waals surface area contributed by atoms with Gasteiger partial charge in [0.2, 0.25) is 0 Å². The van der Waals surface area contributed by atoms with Crippen LogP contribution in [0.4, 0.5) is 0 Å². The van der Waals surface area contributed by atoms with E-state index in [0.717, 1.165) is 71.4 Å². The van der Waals surface area contributed by atoms with Crippen molar-refractivity contribution in [2.45, 2.75) is 232 Å². The Morgan fingerprint density at radius 2 is 1.11 bits per heavy atom. The summed E-state index contributed by atoms with van der Waals surface area (Å²) in [6, 6.07) is 5.02. The van der Waals surface area contributed by atoms with E-state index in [0.29, 0.717) is 0 Å². The predicted molar refractivity (Wildman–Crippen MR) is 252 cm³/mol. The number of thiophene rings is 1. The largest absolute Gasteiger partial charge is 0.294 e. The molecule has 6 fully saturated rings. The van der Waals surface area contributed by atoms with E-state index in [1.54, 1.807) is 10.4 Å². The summed E-state index contributed by atoms with van der Waals surface area (Å²) in [5, 5.41) is 0. The summed E-state index contributed by atoms with van der Waals surface area (Å²) in [6.45, 7) is 10.1. The second-order valence-corrected chi connectivity index (χ2v) is 22.6. The van der Waals surface area contributed by atoms with Crippen LogP contribution in [-0.2, 0) is 6.42 Å². The van der Waals surface area contributed by atoms with Gasteiger partial charge < -0.3 is 0 Å². The molecule has 0 saturated heterocycles. The third-order valence-corrected chi connectivity index (χ3v) is 18.4. The van der Waals surface area contributed by atoms with Crippen LogP contribution in [0.1, 0.15) is 223 Å². The minimum absolute atomic E-state index is 0.725. The molecular weight excluding hydrogens is 707 g/mol. The number of unbranched alkanes of at least 4 members (excludes halogenated alkanes) is 3. The monoisotopic (exact) mass is 796 g/mol. The van der Waals surface area contributed by atoms with Crippen LogP contribution in [-0.4, -0.2) is 23.0 Å². The molecule has 2 heteroatoms. The zero-order valence-electron chi connectivity index (χ0n) is 37.8. The lowest BCUT2D eigenvalue weighted by Crippen LogP contribution is -2.54. The Bertz CT molecular complexity index is 1370. The van der Waals surface area contributed by atoms with Gasteiger partial charge in [-0.15, -0.1) is 11.3 Å². The summed E-state index contributed by atoms with van der Waals surface area (Å²) in [5.41, 5.74) is 1.62. The van der Waals surface area contributed by atoms with E-state index in [9.17, 15) is 0 Å². The molecule has 7 rings (SSSR count). The number of aryl methyl sites for hydroxylation is 1. The van der Waals surface area contributed by atoms with Crippen molar-refractivity contribution in [1.82, 2.24) is 4.90 Å². The average Bonchev–Trinajstić information content (AvgIpc) is 3.64. The minimum Gasteiger partial charge on any atom is -0.294 e. The summed E-state index contributed by atoms with van der Waals surface area (Å²) >= 11 is 2.08. The van der Waals surface area contributed by atoms with Crippen molar-refractivity contribution in [3.63, 3.8) is 0 Å². The fraction of sp³-hybridized carbons (Fsp3) is 0.818. The second-order valence-electron chi connectivity index (χ2n) is 21.5. The molecule has 320 valence electrons. The van der Waals surface area contributed by atoms with Gasteiger partial charge in [0.05, 0.1) is 0 Å². The van der Waals surface area contributed by atoms with Crippen molar-refractivity contribution in [3.8, 4) is 0 Å². The van der Waals surface area contributed by atoms with Crippen LogP contribution < -0.4 is 0 Å². The van der Waals surface area contributed by atoms with Gasteiger partial charge in [-0.1, -0.05) is 123 Å². The van der Waals surface area contributed by atoms with Crippen LogP contribution in [0.25, 0.3) is 12.2 Å². The number of nitrogens with zero attached hydrogens (tertiary/aromatic N) is 1. The van der Waals surface area contributed by atoms with E-state index >= 15 is 0 Å². The van der Waals surface area contributed by atoms with E-state index in [1.807, 2.05) is 0 Å². The molecule has 1 aromatic rings. The van der Waals surface area contributed by atoms with Crippen molar-refractivity contribution in [2.75, 3.05) is 0 Å². The minimum atomic E-state index is 0.725. The topological polar surface area (TPSA) is 3.24 Å². The number of hydrogen-bond donors (Lipinski definition) is 0. The van der Waals surface area contributed by atoms with Gasteiger partial charge in [0.15, 0.2) is 0 Å². The zero-order chi connectivity index (χ0) is 39.4. The molecule has 57 heavy (non-hydrogen) atoms. The number of allylic oxidation sites excluding steroid dienone is 4. The fourth-order valence-corrected chi connectivity index (χ4v) is 14.5. The summed E-state index contributed by atoms with van der Waals surface area (Å²) < 4.78 is 0. The summed E-state index contributed by atoms with van der Waals surface area (Å²) in [7, 11) is 0. The molecule has 1 aromatic heterocycles. The second kappa shape index (κ2) is 22.6. The van der Waals surface area contributed by atoms with Crippen molar-refractivity contribution in [3.05, 3.63) is 45.7 Å². The van der Waals surface area contributed by atoms with Gasteiger partial charge in [-0.05, 0) is 193 Å². The maximum atomic E-state index is 3.27. The van der Waals surface area contributed by atoms with Crippen LogP contribution in [0.5, 0.6) is 0 Å². The first kappa shape index (κ1) is 44.0. The Kier molecular flexibility index (Phi) is 17.5. The van der Waals surface area contributed by atoms with Gasteiger partial charge in [-0.3, -0.25) is 4.90 Å². The molecule has 6 unspecified atom stereocenters. The van der Waals surface area contributed by atoms with Crippen molar-refractivity contribution < 1.29 is 0 Å². The van der Waals surface area contributed by atoms with Gasteiger partial charge in [0.1, 0.15) is 0 Å². The molecule has 0 aromatic carbocycles. The standard InChI is InChI=1S/C55H89NS/c1-5-6-7-14-19-50-40-54(57-55(50)37-23-45-17-12-9-13-18-45)36-31-47-28-35-53(39-43(47)4)56(51-32-29-49(30-33-51)48-24-20-41(2)21-25-48)52-34-27-46(42(3)38-52)26-22-44-15-10-8-11-16-44/h22-23,26,31,36-37,40-49,51-53H,5-21,24-25,27-30,32-35,38-39H2,1-4H3/b26-22+,36-31+,37-23+. The van der Waals surface area contributed by atoms with Crippen molar-refractivity contribution in [2.24, 2.45) is 53.3 Å². The quantitative estimate of drug-likeness (QED) is 0.126. The van der Waals surface area contributed by atoms with Gasteiger partial charge in [0.25, 0.3) is 0 Å². The third kappa shape index (κ3) is 12.7. The molecule has 6 atom stereocenters. The van der Waals surface area contributed by atoms with Crippen LogP contribution in [0.3, 0.4) is 0 Å². The molecule has 0 spiro atoms. The van der Waals surface area contributed by atoms with Crippen LogP contribution in [0, 0.1) is 53.3 Å². The highest BCUT2D eigenvalue weighted by Crippen LogP contribution is 2.46. The molecule has 6 aliphatic carbocycles. The van der Waals surface area contributed by atoms with Gasteiger partial charge in [0, 0.05) is 27.9 Å². The molecule has 0 N–H and O–H groups in total. The average molecular weight is 796 g/mol.